The summed E-state index contributed by atoms with van der Waals surface area (Å²) in [5.41, 5.74) is 0. The van der Waals surface area contributed by atoms with E-state index >= 15 is 0 Å². The highest BCUT2D eigenvalue weighted by molar-refractivity contribution is 5.75. The second kappa shape index (κ2) is 4.79. The number of hydrogen-bond donors (Lipinski definition) is 0. The minimum absolute atomic E-state index is 0.218. The highest BCUT2D eigenvalue weighted by atomic mass is 19.4. The van der Waals surface area contributed by atoms with Crippen molar-refractivity contribution >= 4 is 5.97 Å². The van der Waals surface area contributed by atoms with Crippen molar-refractivity contribution in [3.63, 3.8) is 0 Å². The molecule has 0 aliphatic heterocycles. The summed E-state index contributed by atoms with van der Waals surface area (Å²) in [7, 11) is 0. The Morgan fingerprint density at radius 2 is 2.08 bits per heavy atom. The summed E-state index contributed by atoms with van der Waals surface area (Å²) < 4.78 is 38.3. The van der Waals surface area contributed by atoms with Crippen LogP contribution in [-0.2, 0) is 9.53 Å². The molecule has 0 spiro atoms. The lowest BCUT2D eigenvalue weighted by molar-refractivity contribution is -0.199. The Kier molecular flexibility index (Phi) is 4.39. The molecule has 0 saturated carbocycles. The molecule has 0 saturated heterocycles. The summed E-state index contributed by atoms with van der Waals surface area (Å²) in [6.45, 7) is 3.15. The highest BCUT2D eigenvalue weighted by Crippen LogP contribution is 2.16. The van der Waals surface area contributed by atoms with Gasteiger partial charge in [0, 0.05) is 0 Å². The zero-order valence-corrected chi connectivity index (χ0v) is 6.36. The van der Waals surface area contributed by atoms with Gasteiger partial charge in [-0.1, -0.05) is 6.08 Å². The van der Waals surface area contributed by atoms with Crippen LogP contribution in [-0.4, -0.2) is 18.8 Å². The van der Waals surface area contributed by atoms with Crippen molar-refractivity contribution in [2.24, 2.45) is 0 Å². The van der Waals surface area contributed by atoms with Crippen LogP contribution in [0.4, 0.5) is 13.2 Å². The second-order valence-electron chi connectivity index (χ2n) is 2.06. The van der Waals surface area contributed by atoms with Gasteiger partial charge in [-0.15, -0.1) is 6.58 Å². The summed E-state index contributed by atoms with van der Waals surface area (Å²) in [4.78, 5) is 10.1. The monoisotopic (exact) mass is 182 g/mol. The Bertz CT molecular complexity index is 163. The van der Waals surface area contributed by atoms with Crippen molar-refractivity contribution < 1.29 is 22.7 Å². The molecule has 0 aliphatic carbocycles. The van der Waals surface area contributed by atoms with E-state index in [-0.39, 0.29) is 6.61 Å². The molecule has 0 bridgehead atoms. The average molecular weight is 182 g/mol. The van der Waals surface area contributed by atoms with E-state index in [1.807, 2.05) is 0 Å². The molecular formula is C7H9F3O2. The number of ether oxygens (including phenoxy) is 1. The Hall–Kier alpha value is -1.00. The third-order valence-electron chi connectivity index (χ3n) is 1.02. The second-order valence-corrected chi connectivity index (χ2v) is 2.06. The first-order chi connectivity index (χ1) is 5.48. The maximum atomic E-state index is 11.5. The maximum absolute atomic E-state index is 11.5. The quantitative estimate of drug-likeness (QED) is 0.378. The van der Waals surface area contributed by atoms with Crippen LogP contribution in [0.2, 0.25) is 0 Å². The minimum Gasteiger partial charge on any atom is -0.459 e. The van der Waals surface area contributed by atoms with Crippen LogP contribution in [0.25, 0.3) is 0 Å². The predicted molar refractivity (Wildman–Crippen MR) is 36.4 cm³/mol. The molecule has 0 N–H and O–H groups in total. The van der Waals surface area contributed by atoms with Crippen molar-refractivity contribution in [3.8, 4) is 0 Å². The summed E-state index contributed by atoms with van der Waals surface area (Å²) in [6, 6.07) is 0. The molecular weight excluding hydrogens is 173 g/mol. The maximum Gasteiger partial charge on any atom is 0.490 e. The first-order valence-corrected chi connectivity index (χ1v) is 3.33. The number of rotatable bonds is 4. The SMILES string of the molecule is C=CCCCOC(=O)C(F)(F)F. The van der Waals surface area contributed by atoms with E-state index in [4.69, 9.17) is 0 Å². The Labute approximate surface area is 68.0 Å². The van der Waals surface area contributed by atoms with Gasteiger partial charge in [-0.25, -0.2) is 4.79 Å². The summed E-state index contributed by atoms with van der Waals surface area (Å²) in [5, 5.41) is 0. The van der Waals surface area contributed by atoms with Gasteiger partial charge in [0.1, 0.15) is 0 Å². The number of esters is 1. The van der Waals surface area contributed by atoms with E-state index in [9.17, 15) is 18.0 Å². The van der Waals surface area contributed by atoms with Crippen LogP contribution in [0.1, 0.15) is 12.8 Å². The van der Waals surface area contributed by atoms with Crippen molar-refractivity contribution in [3.05, 3.63) is 12.7 Å². The summed E-state index contributed by atoms with van der Waals surface area (Å²) in [6.07, 6.45) is -2.44. The van der Waals surface area contributed by atoms with E-state index in [0.717, 1.165) is 0 Å². The van der Waals surface area contributed by atoms with Gasteiger partial charge in [0.2, 0.25) is 0 Å². The van der Waals surface area contributed by atoms with Crippen molar-refractivity contribution in [1.82, 2.24) is 0 Å². The van der Waals surface area contributed by atoms with Crippen LogP contribution < -0.4 is 0 Å². The fourth-order valence-electron chi connectivity index (χ4n) is 0.474. The molecule has 0 fully saturated rings. The minimum atomic E-state index is -4.88. The van der Waals surface area contributed by atoms with Gasteiger partial charge in [0.05, 0.1) is 6.61 Å². The fourth-order valence-corrected chi connectivity index (χ4v) is 0.474. The largest absolute Gasteiger partial charge is 0.490 e. The van der Waals surface area contributed by atoms with Crippen molar-refractivity contribution in [2.45, 2.75) is 19.0 Å². The molecule has 0 atom stereocenters. The van der Waals surface area contributed by atoms with Gasteiger partial charge < -0.3 is 4.74 Å². The van der Waals surface area contributed by atoms with Gasteiger partial charge in [-0.3, -0.25) is 0 Å². The van der Waals surface area contributed by atoms with E-state index < -0.39 is 12.1 Å². The van der Waals surface area contributed by atoms with Crippen molar-refractivity contribution in [1.29, 1.82) is 0 Å². The predicted octanol–water partition coefficient (Wildman–Crippen LogP) is 2.06. The molecule has 0 aliphatic rings. The first-order valence-electron chi connectivity index (χ1n) is 3.33. The highest BCUT2D eigenvalue weighted by Gasteiger charge is 2.40. The lowest BCUT2D eigenvalue weighted by Crippen LogP contribution is -2.25. The lowest BCUT2D eigenvalue weighted by Gasteiger charge is -2.05. The molecule has 0 heterocycles. The summed E-state index contributed by atoms with van der Waals surface area (Å²) in [5.74, 6) is -2.13. The smallest absolute Gasteiger partial charge is 0.459 e. The molecule has 0 radical (unpaired) electrons. The molecule has 0 aromatic heterocycles. The average Bonchev–Trinajstić information content (AvgIpc) is 1.96. The Balaban J connectivity index is 3.51. The summed E-state index contributed by atoms with van der Waals surface area (Å²) >= 11 is 0. The Morgan fingerprint density at radius 1 is 1.50 bits per heavy atom. The molecule has 12 heavy (non-hydrogen) atoms. The van der Waals surface area contributed by atoms with Crippen LogP contribution in [0.15, 0.2) is 12.7 Å². The molecule has 0 amide bonds. The Morgan fingerprint density at radius 3 is 2.50 bits per heavy atom. The number of carbonyl (C=O) groups excluding carboxylic acids is 1. The van der Waals surface area contributed by atoms with Gasteiger partial charge in [-0.05, 0) is 12.8 Å². The first kappa shape index (κ1) is 11.0. The lowest BCUT2D eigenvalue weighted by atomic mass is 10.3. The molecule has 5 heteroatoms. The van der Waals surface area contributed by atoms with Crippen LogP contribution in [0, 0.1) is 0 Å². The number of unbranched alkanes of at least 4 members (excludes halogenated alkanes) is 1. The van der Waals surface area contributed by atoms with E-state index in [0.29, 0.717) is 12.8 Å². The zero-order valence-electron chi connectivity index (χ0n) is 6.36. The molecule has 70 valence electrons. The number of carbonyl (C=O) groups is 1. The van der Waals surface area contributed by atoms with Crippen LogP contribution >= 0.6 is 0 Å². The molecule has 0 rings (SSSR count). The molecule has 0 aromatic rings. The van der Waals surface area contributed by atoms with Gasteiger partial charge in [-0.2, -0.15) is 13.2 Å². The normalized spacial score (nSPS) is 10.9. The van der Waals surface area contributed by atoms with Gasteiger partial charge in [0.25, 0.3) is 0 Å². The van der Waals surface area contributed by atoms with Gasteiger partial charge in [0.15, 0.2) is 0 Å². The fraction of sp³-hybridized carbons (Fsp3) is 0.571. The van der Waals surface area contributed by atoms with E-state index in [2.05, 4.69) is 11.3 Å². The third kappa shape index (κ3) is 4.76. The topological polar surface area (TPSA) is 26.3 Å². The number of halogens is 3. The van der Waals surface area contributed by atoms with E-state index in [1.165, 1.54) is 0 Å². The van der Waals surface area contributed by atoms with Crippen LogP contribution in [0.5, 0.6) is 0 Å². The standard InChI is InChI=1S/C7H9F3O2/c1-2-3-4-5-12-6(11)7(8,9)10/h2H,1,3-5H2. The molecule has 2 nitrogen and oxygen atoms in total. The van der Waals surface area contributed by atoms with Crippen molar-refractivity contribution in [2.75, 3.05) is 6.61 Å². The van der Waals surface area contributed by atoms with Gasteiger partial charge >= 0.3 is 12.1 Å². The molecule has 0 aromatic carbocycles. The third-order valence-corrected chi connectivity index (χ3v) is 1.02. The number of hydrogen-bond acceptors (Lipinski definition) is 2. The number of allylic oxidation sites excluding steroid dienone is 1. The molecule has 0 unspecified atom stereocenters. The van der Waals surface area contributed by atoms with Crippen LogP contribution in [0.3, 0.4) is 0 Å². The van der Waals surface area contributed by atoms with E-state index in [1.54, 1.807) is 6.08 Å². The zero-order chi connectivity index (χ0) is 9.61. The number of alkyl halides is 3.